The summed E-state index contributed by atoms with van der Waals surface area (Å²) in [6.45, 7) is 4.52. The van der Waals surface area contributed by atoms with Gasteiger partial charge < -0.3 is 18.9 Å². The highest BCUT2D eigenvalue weighted by atomic mass is 16.5. The van der Waals surface area contributed by atoms with Crippen molar-refractivity contribution < 1.29 is 18.9 Å². The monoisotopic (exact) mass is 356 g/mol. The second-order valence-electron chi connectivity index (χ2n) is 7.19. The summed E-state index contributed by atoms with van der Waals surface area (Å²) < 4.78 is 22.6. The van der Waals surface area contributed by atoms with Crippen molar-refractivity contribution >= 4 is 0 Å². The quantitative estimate of drug-likeness (QED) is 0.698. The number of fused-ring (bicyclic) bond motifs is 1. The Kier molecular flexibility index (Phi) is 5.60. The summed E-state index contributed by atoms with van der Waals surface area (Å²) in [7, 11) is 5.01. The number of hydrogen-bond acceptors (Lipinski definition) is 4. The molecule has 140 valence electrons. The van der Waals surface area contributed by atoms with E-state index in [4.69, 9.17) is 18.9 Å². The molecule has 4 heteroatoms. The van der Waals surface area contributed by atoms with Gasteiger partial charge in [-0.25, -0.2) is 0 Å². The first-order chi connectivity index (χ1) is 12.5. The van der Waals surface area contributed by atoms with Crippen molar-refractivity contribution in [2.75, 3.05) is 21.3 Å². The van der Waals surface area contributed by atoms with Crippen LogP contribution in [0.5, 0.6) is 23.0 Å². The van der Waals surface area contributed by atoms with Crippen LogP contribution in [0.4, 0.5) is 0 Å². The predicted octanol–water partition coefficient (Wildman–Crippen LogP) is 5.37. The number of methoxy groups -OCH3 is 3. The fourth-order valence-corrected chi connectivity index (χ4v) is 3.70. The minimum Gasteiger partial charge on any atom is -0.497 e. The molecule has 0 spiro atoms. The Balaban J connectivity index is 1.98. The van der Waals surface area contributed by atoms with Gasteiger partial charge in [0, 0.05) is 11.6 Å². The summed E-state index contributed by atoms with van der Waals surface area (Å²) in [6.07, 6.45) is 2.08. The van der Waals surface area contributed by atoms with Gasteiger partial charge in [0.15, 0.2) is 11.5 Å². The van der Waals surface area contributed by atoms with E-state index >= 15 is 0 Å². The Labute approximate surface area is 156 Å². The van der Waals surface area contributed by atoms with E-state index in [0.717, 1.165) is 30.1 Å². The van der Waals surface area contributed by atoms with Crippen LogP contribution in [0.3, 0.4) is 0 Å². The zero-order chi connectivity index (χ0) is 18.7. The number of benzene rings is 2. The van der Waals surface area contributed by atoms with E-state index < -0.39 is 0 Å². The maximum Gasteiger partial charge on any atom is 0.164 e. The van der Waals surface area contributed by atoms with Crippen LogP contribution in [0.25, 0.3) is 0 Å². The van der Waals surface area contributed by atoms with E-state index in [0.29, 0.717) is 17.6 Å². The molecule has 0 bridgehead atoms. The van der Waals surface area contributed by atoms with Gasteiger partial charge in [-0.2, -0.15) is 0 Å². The molecule has 1 aliphatic rings. The molecule has 0 saturated heterocycles. The van der Waals surface area contributed by atoms with Gasteiger partial charge in [0.1, 0.15) is 17.6 Å². The Morgan fingerprint density at radius 1 is 0.962 bits per heavy atom. The minimum absolute atomic E-state index is 0.0234. The Hall–Kier alpha value is -2.36. The van der Waals surface area contributed by atoms with Crippen LogP contribution in [0.2, 0.25) is 0 Å². The van der Waals surface area contributed by atoms with Crippen LogP contribution in [0, 0.1) is 5.92 Å². The lowest BCUT2D eigenvalue weighted by Crippen LogP contribution is -2.20. The Morgan fingerprint density at radius 3 is 2.19 bits per heavy atom. The SMILES string of the molecule is COc1ccc([C@@H]2C[C@@H](CC(C)C)c3cc(OC)c(OC)cc3O2)cc1. The molecule has 1 heterocycles. The van der Waals surface area contributed by atoms with Crippen molar-refractivity contribution in [3.63, 3.8) is 0 Å². The van der Waals surface area contributed by atoms with E-state index in [-0.39, 0.29) is 6.10 Å². The maximum absolute atomic E-state index is 6.37. The number of ether oxygens (including phenoxy) is 4. The molecular weight excluding hydrogens is 328 g/mol. The van der Waals surface area contributed by atoms with Crippen molar-refractivity contribution in [1.82, 2.24) is 0 Å². The first kappa shape index (κ1) is 18.4. The standard InChI is InChI=1S/C22H28O4/c1-14(2)10-16-11-19(15-6-8-17(23-3)9-7-15)26-20-13-22(25-5)21(24-4)12-18(16)20/h6-9,12-14,16,19H,10-11H2,1-5H3/t16-,19+/m1/s1. The predicted molar refractivity (Wildman–Crippen MR) is 103 cm³/mol. The first-order valence-corrected chi connectivity index (χ1v) is 9.12. The van der Waals surface area contributed by atoms with Gasteiger partial charge in [-0.1, -0.05) is 26.0 Å². The molecule has 0 saturated carbocycles. The van der Waals surface area contributed by atoms with Crippen LogP contribution >= 0.6 is 0 Å². The molecule has 4 nitrogen and oxygen atoms in total. The van der Waals surface area contributed by atoms with E-state index in [1.807, 2.05) is 18.2 Å². The molecule has 0 aliphatic carbocycles. The van der Waals surface area contributed by atoms with Crippen molar-refractivity contribution in [2.24, 2.45) is 5.92 Å². The zero-order valence-electron chi connectivity index (χ0n) is 16.2. The highest BCUT2D eigenvalue weighted by Crippen LogP contribution is 2.48. The summed E-state index contributed by atoms with van der Waals surface area (Å²) in [5.41, 5.74) is 2.38. The Morgan fingerprint density at radius 2 is 1.62 bits per heavy atom. The first-order valence-electron chi connectivity index (χ1n) is 9.12. The lowest BCUT2D eigenvalue weighted by molar-refractivity contribution is 0.153. The molecule has 0 N–H and O–H groups in total. The number of rotatable bonds is 6. The molecule has 0 radical (unpaired) electrons. The molecule has 26 heavy (non-hydrogen) atoms. The summed E-state index contributed by atoms with van der Waals surface area (Å²) in [5.74, 6) is 4.23. The number of hydrogen-bond donors (Lipinski definition) is 0. The fourth-order valence-electron chi connectivity index (χ4n) is 3.70. The Bertz CT molecular complexity index is 737. The molecule has 0 unspecified atom stereocenters. The van der Waals surface area contributed by atoms with Gasteiger partial charge in [0.05, 0.1) is 21.3 Å². The van der Waals surface area contributed by atoms with Gasteiger partial charge >= 0.3 is 0 Å². The minimum atomic E-state index is 0.0234. The molecule has 2 atom stereocenters. The highest BCUT2D eigenvalue weighted by Gasteiger charge is 2.31. The lowest BCUT2D eigenvalue weighted by atomic mass is 9.82. The average molecular weight is 356 g/mol. The summed E-state index contributed by atoms with van der Waals surface area (Å²) in [6, 6.07) is 12.2. The van der Waals surface area contributed by atoms with Gasteiger partial charge in [-0.15, -0.1) is 0 Å². The van der Waals surface area contributed by atoms with Gasteiger partial charge in [0.25, 0.3) is 0 Å². The third kappa shape index (κ3) is 3.74. The third-order valence-electron chi connectivity index (χ3n) is 4.97. The summed E-state index contributed by atoms with van der Waals surface area (Å²) in [4.78, 5) is 0. The largest absolute Gasteiger partial charge is 0.497 e. The normalized spacial score (nSPS) is 18.8. The van der Waals surface area contributed by atoms with E-state index in [1.54, 1.807) is 21.3 Å². The highest BCUT2D eigenvalue weighted by molar-refractivity contribution is 5.53. The zero-order valence-corrected chi connectivity index (χ0v) is 16.2. The van der Waals surface area contributed by atoms with E-state index in [1.165, 1.54) is 11.1 Å². The summed E-state index contributed by atoms with van der Waals surface area (Å²) in [5, 5.41) is 0. The molecule has 1 aliphatic heterocycles. The summed E-state index contributed by atoms with van der Waals surface area (Å²) >= 11 is 0. The molecule has 0 fully saturated rings. The van der Waals surface area contributed by atoms with Crippen LogP contribution in [0.1, 0.15) is 49.8 Å². The average Bonchev–Trinajstić information content (AvgIpc) is 2.66. The van der Waals surface area contributed by atoms with Crippen molar-refractivity contribution in [3.05, 3.63) is 47.5 Å². The fraction of sp³-hybridized carbons (Fsp3) is 0.455. The molecule has 0 aromatic heterocycles. The smallest absolute Gasteiger partial charge is 0.164 e. The van der Waals surface area contributed by atoms with Gasteiger partial charge in [-0.05, 0) is 48.4 Å². The topological polar surface area (TPSA) is 36.9 Å². The molecule has 2 aromatic carbocycles. The third-order valence-corrected chi connectivity index (χ3v) is 4.97. The van der Waals surface area contributed by atoms with Crippen LogP contribution in [-0.2, 0) is 0 Å². The van der Waals surface area contributed by atoms with Crippen LogP contribution < -0.4 is 18.9 Å². The molecule has 3 rings (SSSR count). The molecule has 0 amide bonds. The second kappa shape index (κ2) is 7.90. The van der Waals surface area contributed by atoms with Gasteiger partial charge in [-0.3, -0.25) is 0 Å². The van der Waals surface area contributed by atoms with E-state index in [9.17, 15) is 0 Å². The van der Waals surface area contributed by atoms with Crippen molar-refractivity contribution in [3.8, 4) is 23.0 Å². The molecule has 2 aromatic rings. The molecular formula is C22H28O4. The van der Waals surface area contributed by atoms with Crippen molar-refractivity contribution in [1.29, 1.82) is 0 Å². The maximum atomic E-state index is 6.37. The van der Waals surface area contributed by atoms with Crippen LogP contribution in [0.15, 0.2) is 36.4 Å². The van der Waals surface area contributed by atoms with Crippen molar-refractivity contribution in [2.45, 2.75) is 38.7 Å². The second-order valence-corrected chi connectivity index (χ2v) is 7.19. The van der Waals surface area contributed by atoms with E-state index in [2.05, 4.69) is 32.0 Å². The lowest BCUT2D eigenvalue weighted by Gasteiger charge is -2.34. The van der Waals surface area contributed by atoms with Crippen LogP contribution in [-0.4, -0.2) is 21.3 Å². The van der Waals surface area contributed by atoms with Gasteiger partial charge in [0.2, 0.25) is 0 Å².